The lowest BCUT2D eigenvalue weighted by atomic mass is 10.0. The van der Waals surface area contributed by atoms with Crippen LogP contribution in [0.3, 0.4) is 0 Å². The number of H-pyrrole nitrogens is 1. The number of thioether (sulfide) groups is 1. The molecule has 0 fully saturated rings. The highest BCUT2D eigenvalue weighted by molar-refractivity contribution is 7.98. The van der Waals surface area contributed by atoms with E-state index in [-0.39, 0.29) is 0 Å². The Morgan fingerprint density at radius 1 is 1.47 bits per heavy atom. The maximum Gasteiger partial charge on any atom is 0.310 e. The van der Waals surface area contributed by atoms with Crippen LogP contribution < -0.4 is 5.73 Å². The molecule has 0 amide bonds. The van der Waals surface area contributed by atoms with E-state index >= 15 is 0 Å². The summed E-state index contributed by atoms with van der Waals surface area (Å²) in [6, 6.07) is 7.50. The van der Waals surface area contributed by atoms with Crippen molar-refractivity contribution in [2.24, 2.45) is 0 Å². The van der Waals surface area contributed by atoms with Crippen LogP contribution in [0.15, 0.2) is 29.4 Å². The highest BCUT2D eigenvalue weighted by Gasteiger charge is 2.13. The smallest absolute Gasteiger partial charge is 0.310 e. The fraction of sp³-hybridized carbons (Fsp3) is 0.250. The number of nitrogens with two attached hydrogens (primary N) is 1. The number of rotatable bonds is 5. The minimum atomic E-state index is -0.821. The van der Waals surface area contributed by atoms with Gasteiger partial charge in [-0.3, -0.25) is 4.79 Å². The van der Waals surface area contributed by atoms with E-state index in [0.29, 0.717) is 16.9 Å². The number of aromatic nitrogens is 3. The molecule has 6 nitrogen and oxygen atoms in total. The first-order chi connectivity index (χ1) is 9.06. The van der Waals surface area contributed by atoms with Gasteiger partial charge in [-0.1, -0.05) is 36.0 Å². The lowest BCUT2D eigenvalue weighted by Crippen LogP contribution is -2.07. The second-order valence-corrected chi connectivity index (χ2v) is 5.04. The van der Waals surface area contributed by atoms with Crippen molar-refractivity contribution in [3.63, 3.8) is 0 Å². The summed E-state index contributed by atoms with van der Waals surface area (Å²) in [5.74, 6) is -0.306. The first-order valence-electron chi connectivity index (χ1n) is 5.68. The second-order valence-electron chi connectivity index (χ2n) is 4.09. The Morgan fingerprint density at radius 2 is 2.16 bits per heavy atom. The molecule has 1 heterocycles. The summed E-state index contributed by atoms with van der Waals surface area (Å²) in [4.78, 5) is 14.9. The number of benzene rings is 1. The Labute approximate surface area is 114 Å². The predicted octanol–water partition coefficient (Wildman–Crippen LogP) is 1.87. The molecule has 1 aromatic heterocycles. The van der Waals surface area contributed by atoms with Gasteiger partial charge in [-0.2, -0.15) is 4.98 Å². The van der Waals surface area contributed by atoms with E-state index in [1.807, 2.05) is 24.3 Å². The number of carboxylic acid groups (broad SMARTS) is 1. The molecule has 7 heteroatoms. The summed E-state index contributed by atoms with van der Waals surface area (Å²) in [7, 11) is 0. The molecule has 1 aromatic carbocycles. The second kappa shape index (κ2) is 5.75. The van der Waals surface area contributed by atoms with Crippen LogP contribution in [-0.2, 0) is 10.5 Å². The van der Waals surface area contributed by atoms with E-state index in [1.165, 1.54) is 11.8 Å². The number of hydrogen-bond acceptors (Lipinski definition) is 5. The highest BCUT2D eigenvalue weighted by atomic mass is 32.2. The van der Waals surface area contributed by atoms with E-state index in [1.54, 1.807) is 6.92 Å². The minimum Gasteiger partial charge on any atom is -0.481 e. The van der Waals surface area contributed by atoms with Crippen LogP contribution in [0.1, 0.15) is 24.0 Å². The van der Waals surface area contributed by atoms with Crippen molar-refractivity contribution < 1.29 is 9.90 Å². The Kier molecular flexibility index (Phi) is 4.06. The molecule has 2 rings (SSSR count). The van der Waals surface area contributed by atoms with Crippen LogP contribution in [0, 0.1) is 0 Å². The topological polar surface area (TPSA) is 105 Å². The highest BCUT2D eigenvalue weighted by Crippen LogP contribution is 2.21. The standard InChI is InChI=1S/C12H14N4O2S/c1-7(10(17)18)9-4-2-8(3-5-9)6-19-12-14-11(13)15-16-12/h2-5,7H,6H2,1H3,(H,17,18)(H3,13,14,15,16). The number of aliphatic carboxylic acids is 1. The van der Waals surface area contributed by atoms with Crippen molar-refractivity contribution in [3.8, 4) is 0 Å². The summed E-state index contributed by atoms with van der Waals surface area (Å²) in [5, 5.41) is 16.0. The molecule has 1 atom stereocenters. The van der Waals surface area contributed by atoms with Gasteiger partial charge in [-0.15, -0.1) is 5.10 Å². The number of aromatic amines is 1. The molecule has 0 aliphatic heterocycles. The third kappa shape index (κ3) is 3.47. The normalized spacial score (nSPS) is 12.3. The monoisotopic (exact) mass is 278 g/mol. The van der Waals surface area contributed by atoms with Gasteiger partial charge in [0.25, 0.3) is 0 Å². The summed E-state index contributed by atoms with van der Waals surface area (Å²) < 4.78 is 0. The van der Waals surface area contributed by atoms with Crippen molar-refractivity contribution in [2.75, 3.05) is 5.73 Å². The van der Waals surface area contributed by atoms with Gasteiger partial charge in [0.2, 0.25) is 11.1 Å². The predicted molar refractivity (Wildman–Crippen MR) is 72.8 cm³/mol. The van der Waals surface area contributed by atoms with Crippen molar-refractivity contribution in [2.45, 2.75) is 23.8 Å². The number of anilines is 1. The maximum atomic E-state index is 10.9. The zero-order valence-corrected chi connectivity index (χ0v) is 11.1. The largest absolute Gasteiger partial charge is 0.481 e. The zero-order valence-electron chi connectivity index (χ0n) is 10.3. The van der Waals surface area contributed by atoms with Crippen LogP contribution in [0.25, 0.3) is 0 Å². The van der Waals surface area contributed by atoms with Crippen molar-refractivity contribution in [1.82, 2.24) is 15.2 Å². The number of carboxylic acids is 1. The molecule has 2 aromatic rings. The summed E-state index contributed by atoms with van der Waals surface area (Å²) >= 11 is 1.47. The minimum absolute atomic E-state index is 0.299. The van der Waals surface area contributed by atoms with E-state index < -0.39 is 11.9 Å². The van der Waals surface area contributed by atoms with Crippen LogP contribution in [0.5, 0.6) is 0 Å². The molecule has 0 saturated heterocycles. The van der Waals surface area contributed by atoms with E-state index in [9.17, 15) is 4.79 Å². The molecule has 100 valence electrons. The molecule has 1 unspecified atom stereocenters. The van der Waals surface area contributed by atoms with Crippen LogP contribution >= 0.6 is 11.8 Å². The molecule has 19 heavy (non-hydrogen) atoms. The fourth-order valence-electron chi connectivity index (χ4n) is 1.52. The Bertz CT molecular complexity index is 567. The maximum absolute atomic E-state index is 10.9. The molecular formula is C12H14N4O2S. The zero-order chi connectivity index (χ0) is 13.8. The van der Waals surface area contributed by atoms with E-state index in [2.05, 4.69) is 15.2 Å². The number of nitrogen functional groups attached to an aromatic ring is 1. The number of nitrogens with zero attached hydrogens (tertiary/aromatic N) is 2. The van der Waals surface area contributed by atoms with Gasteiger partial charge < -0.3 is 10.8 Å². The lowest BCUT2D eigenvalue weighted by Gasteiger charge is -2.07. The van der Waals surface area contributed by atoms with Gasteiger partial charge in [0.15, 0.2) is 0 Å². The lowest BCUT2D eigenvalue weighted by molar-refractivity contribution is -0.138. The van der Waals surface area contributed by atoms with E-state index in [4.69, 9.17) is 10.8 Å². The Balaban J connectivity index is 1.97. The van der Waals surface area contributed by atoms with E-state index in [0.717, 1.165) is 11.1 Å². The number of nitrogens with one attached hydrogen (secondary N) is 1. The Hall–Kier alpha value is -2.02. The fourth-order valence-corrected chi connectivity index (χ4v) is 2.28. The first kappa shape index (κ1) is 13.4. The van der Waals surface area contributed by atoms with Crippen LogP contribution in [0.4, 0.5) is 5.95 Å². The SMILES string of the molecule is CC(C(=O)O)c1ccc(CSc2n[nH]c(N)n2)cc1. The molecule has 4 N–H and O–H groups in total. The van der Waals surface area contributed by atoms with Gasteiger partial charge >= 0.3 is 5.97 Å². The van der Waals surface area contributed by atoms with Crippen molar-refractivity contribution in [1.29, 1.82) is 0 Å². The van der Waals surface area contributed by atoms with Gasteiger partial charge in [-0.25, -0.2) is 5.10 Å². The van der Waals surface area contributed by atoms with Crippen LogP contribution in [-0.4, -0.2) is 26.3 Å². The molecule has 0 bridgehead atoms. The average molecular weight is 278 g/mol. The van der Waals surface area contributed by atoms with Crippen molar-refractivity contribution >= 4 is 23.7 Å². The molecule has 0 radical (unpaired) electrons. The Morgan fingerprint density at radius 3 is 2.68 bits per heavy atom. The summed E-state index contributed by atoms with van der Waals surface area (Å²) in [6.07, 6.45) is 0. The number of hydrogen-bond donors (Lipinski definition) is 3. The molecule has 0 saturated carbocycles. The quantitative estimate of drug-likeness (QED) is 0.721. The third-order valence-electron chi connectivity index (χ3n) is 2.70. The molecular weight excluding hydrogens is 264 g/mol. The summed E-state index contributed by atoms with van der Waals surface area (Å²) in [6.45, 7) is 1.67. The van der Waals surface area contributed by atoms with Gasteiger partial charge in [0.1, 0.15) is 0 Å². The average Bonchev–Trinajstić information content (AvgIpc) is 2.82. The first-order valence-corrected chi connectivity index (χ1v) is 6.67. The molecule has 0 aliphatic carbocycles. The summed E-state index contributed by atoms with van der Waals surface area (Å²) in [5.41, 5.74) is 7.30. The van der Waals surface area contributed by atoms with Crippen LogP contribution in [0.2, 0.25) is 0 Å². The molecule has 0 spiro atoms. The number of carbonyl (C=O) groups is 1. The van der Waals surface area contributed by atoms with Gasteiger partial charge in [-0.05, 0) is 18.1 Å². The third-order valence-corrected chi connectivity index (χ3v) is 3.62. The van der Waals surface area contributed by atoms with Gasteiger partial charge in [0.05, 0.1) is 5.92 Å². The van der Waals surface area contributed by atoms with Gasteiger partial charge in [0, 0.05) is 5.75 Å². The van der Waals surface area contributed by atoms with Crippen molar-refractivity contribution in [3.05, 3.63) is 35.4 Å². The molecule has 0 aliphatic rings.